The van der Waals surface area contributed by atoms with Gasteiger partial charge in [0.25, 0.3) is 0 Å². The topological polar surface area (TPSA) is 0 Å². The molecule has 0 aliphatic heterocycles. The van der Waals surface area contributed by atoms with Crippen molar-refractivity contribution in [2.45, 2.75) is 19.3 Å². The van der Waals surface area contributed by atoms with Crippen molar-refractivity contribution in [1.29, 1.82) is 0 Å². The van der Waals surface area contributed by atoms with Crippen molar-refractivity contribution in [2.24, 2.45) is 0 Å². The predicted molar refractivity (Wildman–Crippen MR) is 72.8 cm³/mol. The molecule has 0 aromatic heterocycles. The van der Waals surface area contributed by atoms with E-state index >= 15 is 0 Å². The third-order valence-electron chi connectivity index (χ3n) is 3.08. The average Bonchev–Trinajstić information content (AvgIpc) is 2.41. The first-order valence-electron chi connectivity index (χ1n) is 5.82. The van der Waals surface area contributed by atoms with E-state index in [2.05, 4.69) is 67.3 Å². The molecular weight excluding hydrogens is 204 g/mol. The fourth-order valence-electron chi connectivity index (χ4n) is 2.10. The molecule has 0 atom stereocenters. The third-order valence-corrected chi connectivity index (χ3v) is 3.08. The summed E-state index contributed by atoms with van der Waals surface area (Å²) in [6.45, 7) is 4.07. The van der Waals surface area contributed by atoms with E-state index in [0.717, 1.165) is 0 Å². The van der Waals surface area contributed by atoms with E-state index < -0.39 is 0 Å². The quantitative estimate of drug-likeness (QED) is 0.671. The first-order valence-corrected chi connectivity index (χ1v) is 5.82. The van der Waals surface area contributed by atoms with Gasteiger partial charge < -0.3 is 0 Å². The van der Waals surface area contributed by atoms with Gasteiger partial charge in [-0.05, 0) is 25.0 Å². The Morgan fingerprint density at radius 3 is 1.53 bits per heavy atom. The van der Waals surface area contributed by atoms with Gasteiger partial charge in [0.1, 0.15) is 0 Å². The minimum atomic E-state index is -0.225. The highest BCUT2D eigenvalue weighted by Gasteiger charge is 2.25. The Labute approximate surface area is 103 Å². The van der Waals surface area contributed by atoms with Crippen LogP contribution in [0.4, 0.5) is 0 Å². The van der Waals surface area contributed by atoms with E-state index in [0.29, 0.717) is 0 Å². The van der Waals surface area contributed by atoms with Gasteiger partial charge in [0.15, 0.2) is 0 Å². The molecule has 0 nitrogen and oxygen atoms in total. The summed E-state index contributed by atoms with van der Waals surface area (Å²) in [6, 6.07) is 20.9. The van der Waals surface area contributed by atoms with Gasteiger partial charge in [0, 0.05) is 0 Å². The lowest BCUT2D eigenvalue weighted by Gasteiger charge is -2.25. The maximum Gasteiger partial charge on any atom is 0.0783 e. The van der Waals surface area contributed by atoms with Crippen LogP contribution in [0.3, 0.4) is 0 Å². The molecule has 2 aromatic carbocycles. The highest BCUT2D eigenvalue weighted by atomic mass is 14.3. The summed E-state index contributed by atoms with van der Waals surface area (Å²) in [4.78, 5) is 0. The van der Waals surface area contributed by atoms with Gasteiger partial charge in [0.2, 0.25) is 0 Å². The molecule has 0 saturated heterocycles. The number of hydrogen-bond donors (Lipinski definition) is 0. The molecule has 0 unspecified atom stereocenters. The Morgan fingerprint density at radius 2 is 1.18 bits per heavy atom. The fraction of sp³-hybridized carbons (Fsp3) is 0.176. The molecule has 0 heteroatoms. The minimum Gasteiger partial charge on any atom is -0.105 e. The van der Waals surface area contributed by atoms with Crippen LogP contribution in [-0.2, 0) is 5.41 Å². The molecule has 0 saturated carbocycles. The molecule has 0 N–H and O–H groups in total. The van der Waals surface area contributed by atoms with E-state index in [-0.39, 0.29) is 5.41 Å². The monoisotopic (exact) mass is 220 g/mol. The van der Waals surface area contributed by atoms with Crippen molar-refractivity contribution in [2.75, 3.05) is 0 Å². The molecule has 0 aliphatic carbocycles. The minimum absolute atomic E-state index is 0.225. The van der Waals surface area contributed by atoms with Crippen molar-refractivity contribution < 1.29 is 0 Å². The summed E-state index contributed by atoms with van der Waals surface area (Å²) >= 11 is 0. The molecule has 0 amide bonds. The van der Waals surface area contributed by atoms with Crippen molar-refractivity contribution in [1.82, 2.24) is 0 Å². The average molecular weight is 220 g/mol. The van der Waals surface area contributed by atoms with E-state index in [1.165, 1.54) is 11.1 Å². The summed E-state index contributed by atoms with van der Waals surface area (Å²) in [7, 11) is 0. The van der Waals surface area contributed by atoms with Crippen LogP contribution in [0.25, 0.3) is 0 Å². The van der Waals surface area contributed by atoms with Crippen molar-refractivity contribution in [3.05, 3.63) is 71.8 Å². The predicted octanol–water partition coefficient (Wildman–Crippen LogP) is 4.02. The van der Waals surface area contributed by atoms with E-state index in [4.69, 9.17) is 0 Å². The molecule has 2 aromatic rings. The van der Waals surface area contributed by atoms with E-state index in [1.807, 2.05) is 19.1 Å². The molecule has 0 radical (unpaired) electrons. The molecule has 0 bridgehead atoms. The molecule has 84 valence electrons. The molecule has 0 heterocycles. The van der Waals surface area contributed by atoms with Gasteiger partial charge in [0.05, 0.1) is 5.41 Å². The summed E-state index contributed by atoms with van der Waals surface area (Å²) in [5.74, 6) is 6.40. The molecule has 17 heavy (non-hydrogen) atoms. The van der Waals surface area contributed by atoms with Crippen molar-refractivity contribution in [3.63, 3.8) is 0 Å². The van der Waals surface area contributed by atoms with Crippen LogP contribution in [0.15, 0.2) is 60.7 Å². The largest absolute Gasteiger partial charge is 0.105 e. The SMILES string of the molecule is CC#CC(C)(c1ccccc1)c1ccccc1. The second kappa shape index (κ2) is 4.89. The zero-order chi connectivity index (χ0) is 12.1. The van der Waals surface area contributed by atoms with Crippen LogP contribution < -0.4 is 0 Å². The number of benzene rings is 2. The standard InChI is InChI=1S/C17H16/c1-3-14-17(2,15-10-6-4-7-11-15)16-12-8-5-9-13-16/h4-13H,1-2H3. The summed E-state index contributed by atoms with van der Waals surface area (Å²) < 4.78 is 0. The van der Waals surface area contributed by atoms with Crippen LogP contribution in [0, 0.1) is 11.8 Å². The highest BCUT2D eigenvalue weighted by molar-refractivity contribution is 5.46. The summed E-state index contributed by atoms with van der Waals surface area (Å²) in [5.41, 5.74) is 2.25. The summed E-state index contributed by atoms with van der Waals surface area (Å²) in [6.07, 6.45) is 0. The lowest BCUT2D eigenvalue weighted by atomic mass is 9.77. The Morgan fingerprint density at radius 1 is 0.765 bits per heavy atom. The Hall–Kier alpha value is -2.00. The first kappa shape index (κ1) is 11.5. The maximum absolute atomic E-state index is 3.34. The number of hydrogen-bond acceptors (Lipinski definition) is 0. The number of rotatable bonds is 2. The van der Waals surface area contributed by atoms with E-state index in [9.17, 15) is 0 Å². The molecule has 0 spiro atoms. The molecule has 0 fully saturated rings. The lowest BCUT2D eigenvalue weighted by Crippen LogP contribution is -2.21. The Bertz CT molecular complexity index is 487. The van der Waals surface area contributed by atoms with Gasteiger partial charge in [-0.15, -0.1) is 5.92 Å². The van der Waals surface area contributed by atoms with Gasteiger partial charge >= 0.3 is 0 Å². The normalized spacial score (nSPS) is 10.5. The maximum atomic E-state index is 3.34. The zero-order valence-electron chi connectivity index (χ0n) is 10.3. The van der Waals surface area contributed by atoms with Crippen LogP contribution in [-0.4, -0.2) is 0 Å². The van der Waals surface area contributed by atoms with Gasteiger partial charge in [-0.1, -0.05) is 66.6 Å². The smallest absolute Gasteiger partial charge is 0.0783 e. The van der Waals surface area contributed by atoms with Crippen LogP contribution >= 0.6 is 0 Å². The second-order valence-electron chi connectivity index (χ2n) is 4.23. The third kappa shape index (κ3) is 2.24. The van der Waals surface area contributed by atoms with Crippen LogP contribution in [0.2, 0.25) is 0 Å². The van der Waals surface area contributed by atoms with Gasteiger partial charge in [-0.25, -0.2) is 0 Å². The van der Waals surface area contributed by atoms with Crippen molar-refractivity contribution >= 4 is 0 Å². The van der Waals surface area contributed by atoms with E-state index in [1.54, 1.807) is 0 Å². The molecular formula is C17H16. The highest BCUT2D eigenvalue weighted by Crippen LogP contribution is 2.30. The van der Waals surface area contributed by atoms with Crippen LogP contribution in [0.1, 0.15) is 25.0 Å². The zero-order valence-corrected chi connectivity index (χ0v) is 10.3. The second-order valence-corrected chi connectivity index (χ2v) is 4.23. The lowest BCUT2D eigenvalue weighted by molar-refractivity contribution is 0.753. The molecule has 2 rings (SSSR count). The first-order chi connectivity index (χ1) is 8.27. The van der Waals surface area contributed by atoms with Gasteiger partial charge in [-0.3, -0.25) is 0 Å². The Balaban J connectivity index is 2.58. The fourth-order valence-corrected chi connectivity index (χ4v) is 2.10. The summed E-state index contributed by atoms with van der Waals surface area (Å²) in [5, 5.41) is 0. The van der Waals surface area contributed by atoms with Gasteiger partial charge in [-0.2, -0.15) is 0 Å². The molecule has 0 aliphatic rings. The van der Waals surface area contributed by atoms with Crippen LogP contribution in [0.5, 0.6) is 0 Å². The van der Waals surface area contributed by atoms with Crippen molar-refractivity contribution in [3.8, 4) is 11.8 Å². The Kier molecular flexibility index (Phi) is 3.30.